The summed E-state index contributed by atoms with van der Waals surface area (Å²) in [6.07, 6.45) is -2.96. The van der Waals surface area contributed by atoms with Crippen molar-refractivity contribution in [2.45, 2.75) is 32.1 Å². The number of aromatic amines is 1. The Hall–Kier alpha value is -3.34. The van der Waals surface area contributed by atoms with Gasteiger partial charge >= 0.3 is 6.18 Å². The number of nitrogens with zero attached hydrogens (tertiary/aromatic N) is 4. The van der Waals surface area contributed by atoms with Crippen molar-refractivity contribution in [1.29, 1.82) is 0 Å². The minimum Gasteiger partial charge on any atom is -0.368 e. The number of piperazine rings is 1. The van der Waals surface area contributed by atoms with Gasteiger partial charge in [-0.3, -0.25) is 9.78 Å². The molecule has 1 saturated heterocycles. The lowest BCUT2D eigenvalue weighted by atomic mass is 10.0. The van der Waals surface area contributed by atoms with Gasteiger partial charge in [-0.25, -0.2) is 4.39 Å². The quantitative estimate of drug-likeness (QED) is 0.391. The number of halogens is 4. The van der Waals surface area contributed by atoms with Gasteiger partial charge < -0.3 is 15.5 Å². The van der Waals surface area contributed by atoms with Crippen molar-refractivity contribution in [3.8, 4) is 0 Å². The van der Waals surface area contributed by atoms with E-state index in [1.807, 2.05) is 18.7 Å². The van der Waals surface area contributed by atoms with Crippen molar-refractivity contribution >= 4 is 39.0 Å². The number of H-pyrrole nitrogens is 1. The molecule has 0 bridgehead atoms. The normalized spacial score (nSPS) is 19.5. The van der Waals surface area contributed by atoms with E-state index in [0.29, 0.717) is 24.2 Å². The third kappa shape index (κ3) is 3.97. The number of hydrogen-bond acceptors (Lipinski definition) is 5. The summed E-state index contributed by atoms with van der Waals surface area (Å²) in [6, 6.07) is 5.96. The highest BCUT2D eigenvalue weighted by molar-refractivity contribution is 5.97. The van der Waals surface area contributed by atoms with Crippen LogP contribution in [0.25, 0.3) is 21.8 Å². The minimum atomic E-state index is -4.60. The van der Waals surface area contributed by atoms with E-state index in [0.717, 1.165) is 0 Å². The Morgan fingerprint density at radius 3 is 2.52 bits per heavy atom. The molecular formula is C22H23F4N7. The molecule has 0 saturated carbocycles. The van der Waals surface area contributed by atoms with Gasteiger partial charge in [0.25, 0.3) is 0 Å². The zero-order valence-electron chi connectivity index (χ0n) is 18.3. The number of alkyl halides is 3. The first-order valence-corrected chi connectivity index (χ1v) is 10.6. The Bertz CT molecular complexity index is 1330. The van der Waals surface area contributed by atoms with Crippen LogP contribution in [0.15, 0.2) is 30.5 Å². The Kier molecular flexibility index (Phi) is 4.96. The van der Waals surface area contributed by atoms with Crippen molar-refractivity contribution in [3.63, 3.8) is 0 Å². The Morgan fingerprint density at radius 2 is 1.82 bits per heavy atom. The molecule has 1 aliphatic rings. The molecule has 3 heterocycles. The van der Waals surface area contributed by atoms with Gasteiger partial charge in [-0.15, -0.1) is 0 Å². The summed E-state index contributed by atoms with van der Waals surface area (Å²) in [5.74, 6) is -0.593. The SMILES string of the molecule is C[C@H]1CN(c2cc(C(F)(F)F)c3c(Nc4cc(F)c5nn(C)cc5c4)n[nH]c3c2)C[C@H](C)N1. The average Bonchev–Trinajstić information content (AvgIpc) is 3.29. The number of aryl methyl sites for hydroxylation is 1. The van der Waals surface area contributed by atoms with Crippen LogP contribution in [-0.2, 0) is 13.2 Å². The summed E-state index contributed by atoms with van der Waals surface area (Å²) in [5, 5.41) is 17.5. The zero-order chi connectivity index (χ0) is 23.5. The van der Waals surface area contributed by atoms with Crippen LogP contribution < -0.4 is 15.5 Å². The number of aromatic nitrogens is 4. The van der Waals surface area contributed by atoms with E-state index in [1.54, 1.807) is 25.4 Å². The van der Waals surface area contributed by atoms with Crippen molar-refractivity contribution < 1.29 is 17.6 Å². The number of fused-ring (bicyclic) bond motifs is 2. The van der Waals surface area contributed by atoms with Crippen LogP contribution >= 0.6 is 0 Å². The van der Waals surface area contributed by atoms with Crippen LogP contribution in [-0.4, -0.2) is 45.2 Å². The Morgan fingerprint density at radius 1 is 1.09 bits per heavy atom. The second-order valence-corrected chi connectivity index (χ2v) is 8.68. The van der Waals surface area contributed by atoms with E-state index in [9.17, 15) is 17.6 Å². The van der Waals surface area contributed by atoms with Crippen LogP contribution in [0.1, 0.15) is 19.4 Å². The highest BCUT2D eigenvalue weighted by Crippen LogP contribution is 2.41. The van der Waals surface area contributed by atoms with Crippen molar-refractivity contribution in [2.24, 2.45) is 7.05 Å². The molecule has 3 N–H and O–H groups in total. The van der Waals surface area contributed by atoms with Gasteiger partial charge in [-0.1, -0.05) is 0 Å². The molecule has 0 spiro atoms. The predicted octanol–water partition coefficient (Wildman–Crippen LogP) is 4.54. The Labute approximate surface area is 186 Å². The summed E-state index contributed by atoms with van der Waals surface area (Å²) in [5.41, 5.74) is 0.406. The second kappa shape index (κ2) is 7.62. The monoisotopic (exact) mass is 461 g/mol. The van der Waals surface area contributed by atoms with Crippen molar-refractivity contribution in [3.05, 3.63) is 41.8 Å². The van der Waals surface area contributed by atoms with E-state index < -0.39 is 17.6 Å². The average molecular weight is 461 g/mol. The van der Waals surface area contributed by atoms with Gasteiger partial charge in [0, 0.05) is 55.2 Å². The molecule has 1 fully saturated rings. The van der Waals surface area contributed by atoms with Crippen molar-refractivity contribution in [2.75, 3.05) is 23.3 Å². The largest absolute Gasteiger partial charge is 0.417 e. The van der Waals surface area contributed by atoms with E-state index in [1.165, 1.54) is 16.8 Å². The highest BCUT2D eigenvalue weighted by atomic mass is 19.4. The molecule has 5 rings (SSSR count). The Balaban J connectivity index is 1.58. The molecular weight excluding hydrogens is 438 g/mol. The molecule has 0 unspecified atom stereocenters. The number of benzene rings is 2. The molecule has 2 aromatic heterocycles. The van der Waals surface area contributed by atoms with Crippen LogP contribution in [0.3, 0.4) is 0 Å². The predicted molar refractivity (Wildman–Crippen MR) is 119 cm³/mol. The molecule has 0 radical (unpaired) electrons. The maximum atomic E-state index is 14.5. The van der Waals surface area contributed by atoms with Gasteiger partial charge in [0.1, 0.15) is 5.52 Å². The standard InChI is InChI=1S/C22H23F4N7/c1-11-8-33(9-12(2)27-11)15-6-16(22(24,25)26)19-18(7-15)29-30-21(19)28-14-4-13-10-32(3)31-20(13)17(23)5-14/h4-7,10-12,27H,8-9H2,1-3H3,(H2,28,29,30)/t11-,12-/m0/s1. The van der Waals surface area contributed by atoms with Gasteiger partial charge in [0.15, 0.2) is 11.6 Å². The fourth-order valence-electron chi connectivity index (χ4n) is 4.60. The highest BCUT2D eigenvalue weighted by Gasteiger charge is 2.36. The lowest BCUT2D eigenvalue weighted by Crippen LogP contribution is -2.54. The molecule has 7 nitrogen and oxygen atoms in total. The summed E-state index contributed by atoms with van der Waals surface area (Å²) >= 11 is 0. The summed E-state index contributed by atoms with van der Waals surface area (Å²) < 4.78 is 58.3. The number of nitrogens with one attached hydrogen (secondary N) is 3. The van der Waals surface area contributed by atoms with E-state index >= 15 is 0 Å². The van der Waals surface area contributed by atoms with Crippen molar-refractivity contribution in [1.82, 2.24) is 25.3 Å². The van der Waals surface area contributed by atoms with Crippen LogP contribution in [0.2, 0.25) is 0 Å². The van der Waals surface area contributed by atoms with Gasteiger partial charge in [-0.2, -0.15) is 23.4 Å². The van der Waals surface area contributed by atoms with Crippen LogP contribution in [0.5, 0.6) is 0 Å². The third-order valence-corrected chi connectivity index (χ3v) is 5.82. The molecule has 2 atom stereocenters. The molecule has 33 heavy (non-hydrogen) atoms. The number of anilines is 3. The number of rotatable bonds is 3. The van der Waals surface area contributed by atoms with Gasteiger partial charge in [0.05, 0.1) is 16.5 Å². The third-order valence-electron chi connectivity index (χ3n) is 5.82. The topological polar surface area (TPSA) is 73.8 Å². The first-order valence-electron chi connectivity index (χ1n) is 10.6. The molecule has 0 aliphatic carbocycles. The molecule has 0 amide bonds. The lowest BCUT2D eigenvalue weighted by Gasteiger charge is -2.38. The van der Waals surface area contributed by atoms with E-state index in [4.69, 9.17) is 0 Å². The fraction of sp³-hybridized carbons (Fsp3) is 0.364. The zero-order valence-corrected chi connectivity index (χ0v) is 18.3. The summed E-state index contributed by atoms with van der Waals surface area (Å²) in [6.45, 7) is 5.19. The lowest BCUT2D eigenvalue weighted by molar-refractivity contribution is -0.136. The molecule has 4 aromatic rings. The fourth-order valence-corrected chi connectivity index (χ4v) is 4.60. The van der Waals surface area contributed by atoms with Crippen LogP contribution in [0, 0.1) is 5.82 Å². The molecule has 2 aromatic carbocycles. The molecule has 1 aliphatic heterocycles. The maximum Gasteiger partial charge on any atom is 0.417 e. The van der Waals surface area contributed by atoms with Gasteiger partial charge in [-0.05, 0) is 38.1 Å². The first kappa shape index (κ1) is 21.5. The summed E-state index contributed by atoms with van der Waals surface area (Å²) in [4.78, 5) is 1.94. The number of hydrogen-bond donors (Lipinski definition) is 3. The first-order chi connectivity index (χ1) is 15.6. The smallest absolute Gasteiger partial charge is 0.368 e. The van der Waals surface area contributed by atoms with Crippen LogP contribution in [0.4, 0.5) is 34.8 Å². The molecule has 11 heteroatoms. The summed E-state index contributed by atoms with van der Waals surface area (Å²) in [7, 11) is 1.67. The second-order valence-electron chi connectivity index (χ2n) is 8.68. The van der Waals surface area contributed by atoms with Gasteiger partial charge in [0.2, 0.25) is 0 Å². The van der Waals surface area contributed by atoms with E-state index in [2.05, 4.69) is 25.9 Å². The minimum absolute atomic E-state index is 0.0198. The maximum absolute atomic E-state index is 14.5. The molecule has 174 valence electrons. The van der Waals surface area contributed by atoms with E-state index in [-0.39, 0.29) is 40.0 Å².